The Bertz CT molecular complexity index is 978. The summed E-state index contributed by atoms with van der Waals surface area (Å²) in [6, 6.07) is 10.2. The van der Waals surface area contributed by atoms with E-state index in [1.54, 1.807) is 37.3 Å². The smallest absolute Gasteiger partial charge is 0.265 e. The highest BCUT2D eigenvalue weighted by molar-refractivity contribution is 6.35. The third-order valence-corrected chi connectivity index (χ3v) is 5.99. The molecule has 2 amide bonds. The van der Waals surface area contributed by atoms with Gasteiger partial charge in [0.1, 0.15) is 5.75 Å². The first kappa shape index (κ1) is 24.5. The van der Waals surface area contributed by atoms with Crippen LogP contribution in [0.25, 0.3) is 0 Å². The van der Waals surface area contributed by atoms with E-state index in [2.05, 4.69) is 10.2 Å². The lowest BCUT2D eigenvalue weighted by molar-refractivity contribution is -0.131. The fourth-order valence-corrected chi connectivity index (χ4v) is 4.13. The van der Waals surface area contributed by atoms with Crippen molar-refractivity contribution in [2.24, 2.45) is 0 Å². The fourth-order valence-electron chi connectivity index (χ4n) is 3.50. The summed E-state index contributed by atoms with van der Waals surface area (Å²) in [6.45, 7) is 6.27. The molecule has 0 aliphatic carbocycles. The first-order valence-corrected chi connectivity index (χ1v) is 11.7. The Kier molecular flexibility index (Phi) is 8.51. The molecule has 6 nitrogen and oxygen atoms in total. The molecule has 9 heteroatoms. The van der Waals surface area contributed by atoms with E-state index in [-0.39, 0.29) is 11.8 Å². The lowest BCUT2D eigenvalue weighted by atomic mass is 10.2. The van der Waals surface area contributed by atoms with E-state index in [1.807, 2.05) is 17.9 Å². The van der Waals surface area contributed by atoms with Gasteiger partial charge in [0.25, 0.3) is 5.91 Å². The Hall–Kier alpha value is -2.15. The molecule has 2 aromatic carbocycles. The van der Waals surface area contributed by atoms with Crippen LogP contribution in [0, 0.1) is 0 Å². The van der Waals surface area contributed by atoms with Crippen LogP contribution < -0.4 is 15.0 Å². The van der Waals surface area contributed by atoms with Crippen LogP contribution in [0.5, 0.6) is 5.75 Å². The molecule has 172 valence electrons. The topological polar surface area (TPSA) is 61.9 Å². The minimum atomic E-state index is -0.802. The number of piperazine rings is 1. The first-order chi connectivity index (χ1) is 15.3. The van der Waals surface area contributed by atoms with E-state index >= 15 is 0 Å². The lowest BCUT2D eigenvalue weighted by Crippen LogP contribution is -2.49. The van der Waals surface area contributed by atoms with Crippen molar-refractivity contribution in [1.29, 1.82) is 0 Å². The van der Waals surface area contributed by atoms with E-state index in [9.17, 15) is 9.59 Å². The van der Waals surface area contributed by atoms with E-state index in [0.717, 1.165) is 12.1 Å². The maximum absolute atomic E-state index is 12.8. The Morgan fingerprint density at radius 3 is 2.34 bits per heavy atom. The molecule has 0 bridgehead atoms. The monoisotopic (exact) mass is 497 g/mol. The van der Waals surface area contributed by atoms with Crippen LogP contribution in [0.2, 0.25) is 15.1 Å². The number of ether oxygens (including phenoxy) is 1. The molecule has 3 rings (SSSR count). The number of nitrogens with one attached hydrogen (secondary N) is 1. The van der Waals surface area contributed by atoms with Crippen LogP contribution in [-0.2, 0) is 9.59 Å². The van der Waals surface area contributed by atoms with Crippen LogP contribution in [0.4, 0.5) is 11.4 Å². The highest BCUT2D eigenvalue weighted by atomic mass is 35.5. The second-order valence-electron chi connectivity index (χ2n) is 7.60. The predicted molar refractivity (Wildman–Crippen MR) is 130 cm³/mol. The molecule has 0 aromatic heterocycles. The molecule has 2 aromatic rings. The van der Waals surface area contributed by atoms with Crippen molar-refractivity contribution in [1.82, 2.24) is 4.90 Å². The molecule has 1 aliphatic rings. The second kappa shape index (κ2) is 11.1. The normalized spacial score (nSPS) is 14.8. The van der Waals surface area contributed by atoms with Crippen molar-refractivity contribution >= 4 is 58.0 Å². The average Bonchev–Trinajstić information content (AvgIpc) is 2.76. The summed E-state index contributed by atoms with van der Waals surface area (Å²) in [5.74, 6) is 0.220. The minimum Gasteiger partial charge on any atom is -0.479 e. The summed E-state index contributed by atoms with van der Waals surface area (Å²) in [6.07, 6.45) is 0.607. The minimum absolute atomic E-state index is 0.184. The molecule has 32 heavy (non-hydrogen) atoms. The molecule has 1 fully saturated rings. The zero-order valence-corrected chi connectivity index (χ0v) is 20.3. The largest absolute Gasteiger partial charge is 0.479 e. The molecule has 1 heterocycles. The first-order valence-electron chi connectivity index (χ1n) is 10.5. The number of hydrogen-bond acceptors (Lipinski definition) is 4. The van der Waals surface area contributed by atoms with Crippen molar-refractivity contribution in [2.75, 3.05) is 36.4 Å². The van der Waals surface area contributed by atoms with Gasteiger partial charge >= 0.3 is 0 Å². The third-order valence-electron chi connectivity index (χ3n) is 5.22. The second-order valence-corrected chi connectivity index (χ2v) is 8.88. The molecule has 1 saturated heterocycles. The van der Waals surface area contributed by atoms with Crippen molar-refractivity contribution < 1.29 is 14.3 Å². The third kappa shape index (κ3) is 6.21. The van der Waals surface area contributed by atoms with Crippen molar-refractivity contribution in [3.05, 3.63) is 51.5 Å². The Morgan fingerprint density at radius 1 is 1.03 bits per heavy atom. The molecule has 1 atom stereocenters. The molecular formula is C23H26Cl3N3O3. The summed E-state index contributed by atoms with van der Waals surface area (Å²) >= 11 is 18.3. The van der Waals surface area contributed by atoms with Gasteiger partial charge < -0.3 is 19.9 Å². The van der Waals surface area contributed by atoms with Crippen molar-refractivity contribution in [3.8, 4) is 5.75 Å². The van der Waals surface area contributed by atoms with Crippen LogP contribution in [0.3, 0.4) is 0 Å². The van der Waals surface area contributed by atoms with Crippen LogP contribution in [0.15, 0.2) is 36.4 Å². The number of rotatable bonds is 7. The fraction of sp³-hybridized carbons (Fsp3) is 0.391. The standard InChI is InChI=1S/C23H26Cl3N3O3/c1-3-4-22(30)29-11-9-28(10-12-29)20-7-5-17(25)14-19(20)27-23(31)15(2)32-21-8-6-16(24)13-18(21)26/h5-8,13-15H,3-4,9-12H2,1-2H3,(H,27,31)/t15-/m1/s1. The SMILES string of the molecule is CCCC(=O)N1CCN(c2ccc(Cl)cc2NC(=O)[C@@H](C)Oc2ccc(Cl)cc2Cl)CC1. The number of amides is 2. The number of halogens is 3. The number of carbonyl (C=O) groups excluding carboxylic acids is 2. The predicted octanol–water partition coefficient (Wildman–Crippen LogP) is 5.50. The van der Waals surface area contributed by atoms with Gasteiger partial charge in [0, 0.05) is 42.6 Å². The Morgan fingerprint density at radius 2 is 1.69 bits per heavy atom. The van der Waals surface area contributed by atoms with Crippen LogP contribution >= 0.6 is 34.8 Å². The van der Waals surface area contributed by atoms with Gasteiger partial charge in [-0.1, -0.05) is 41.7 Å². The molecule has 0 radical (unpaired) electrons. The molecular weight excluding hydrogens is 473 g/mol. The average molecular weight is 499 g/mol. The molecule has 1 aliphatic heterocycles. The summed E-state index contributed by atoms with van der Waals surface area (Å²) in [5.41, 5.74) is 1.44. The van der Waals surface area contributed by atoms with Gasteiger partial charge in [-0.2, -0.15) is 0 Å². The number of carbonyl (C=O) groups is 2. The molecule has 0 saturated carbocycles. The summed E-state index contributed by atoms with van der Waals surface area (Å²) in [5, 5.41) is 4.24. The van der Waals surface area contributed by atoms with Gasteiger partial charge in [0.2, 0.25) is 5.91 Å². The van der Waals surface area contributed by atoms with Gasteiger partial charge in [-0.05, 0) is 49.7 Å². The van der Waals surface area contributed by atoms with Crippen molar-refractivity contribution in [2.45, 2.75) is 32.8 Å². The van der Waals surface area contributed by atoms with E-state index < -0.39 is 6.10 Å². The van der Waals surface area contributed by atoms with Gasteiger partial charge in [-0.15, -0.1) is 0 Å². The highest BCUT2D eigenvalue weighted by Crippen LogP contribution is 2.31. The summed E-state index contributed by atoms with van der Waals surface area (Å²) < 4.78 is 5.72. The van der Waals surface area contributed by atoms with E-state index in [0.29, 0.717) is 59.1 Å². The Labute approximate surface area is 203 Å². The quantitative estimate of drug-likeness (QED) is 0.547. The van der Waals surface area contributed by atoms with Gasteiger partial charge in [0.15, 0.2) is 6.10 Å². The van der Waals surface area contributed by atoms with Gasteiger partial charge in [-0.3, -0.25) is 9.59 Å². The number of anilines is 2. The lowest BCUT2D eigenvalue weighted by Gasteiger charge is -2.37. The zero-order chi connectivity index (χ0) is 23.3. The zero-order valence-electron chi connectivity index (χ0n) is 18.0. The molecule has 1 N–H and O–H groups in total. The molecule has 0 spiro atoms. The highest BCUT2D eigenvalue weighted by Gasteiger charge is 2.24. The van der Waals surface area contributed by atoms with Gasteiger partial charge in [-0.25, -0.2) is 0 Å². The number of nitrogens with zero attached hydrogens (tertiary/aromatic N) is 2. The summed E-state index contributed by atoms with van der Waals surface area (Å²) in [7, 11) is 0. The van der Waals surface area contributed by atoms with E-state index in [4.69, 9.17) is 39.5 Å². The summed E-state index contributed by atoms with van der Waals surface area (Å²) in [4.78, 5) is 29.0. The number of benzene rings is 2. The van der Waals surface area contributed by atoms with Gasteiger partial charge in [0.05, 0.1) is 16.4 Å². The van der Waals surface area contributed by atoms with E-state index in [1.165, 1.54) is 0 Å². The molecule has 0 unspecified atom stereocenters. The number of hydrogen-bond donors (Lipinski definition) is 1. The van der Waals surface area contributed by atoms with Crippen molar-refractivity contribution in [3.63, 3.8) is 0 Å². The maximum Gasteiger partial charge on any atom is 0.265 e. The Balaban J connectivity index is 1.68. The van der Waals surface area contributed by atoms with Crippen LogP contribution in [-0.4, -0.2) is 49.0 Å². The van der Waals surface area contributed by atoms with Crippen LogP contribution in [0.1, 0.15) is 26.7 Å². The maximum atomic E-state index is 12.8.